The fourth-order valence-corrected chi connectivity index (χ4v) is 4.38. The molecule has 9 heteroatoms. The van der Waals surface area contributed by atoms with E-state index in [-0.39, 0.29) is 22.2 Å². The quantitative estimate of drug-likeness (QED) is 0.600. The zero-order valence-corrected chi connectivity index (χ0v) is 18.3. The molecule has 2 aromatic carbocycles. The molecule has 2 aromatic rings. The van der Waals surface area contributed by atoms with Gasteiger partial charge in [-0.15, -0.1) is 0 Å². The van der Waals surface area contributed by atoms with E-state index in [1.54, 1.807) is 36.2 Å². The Morgan fingerprint density at radius 1 is 1.14 bits per heavy atom. The van der Waals surface area contributed by atoms with Crippen LogP contribution in [0.2, 0.25) is 0 Å². The minimum Gasteiger partial charge on any atom is -0.372 e. The van der Waals surface area contributed by atoms with Crippen LogP contribution in [0.4, 0.5) is 10.1 Å². The highest BCUT2D eigenvalue weighted by Gasteiger charge is 2.22. The van der Waals surface area contributed by atoms with Crippen molar-refractivity contribution in [3.8, 4) is 0 Å². The van der Waals surface area contributed by atoms with Crippen molar-refractivity contribution in [1.29, 1.82) is 0 Å². The Balaban J connectivity index is 1.96. The lowest BCUT2D eigenvalue weighted by Crippen LogP contribution is -2.29. The van der Waals surface area contributed by atoms with Gasteiger partial charge in [0.25, 0.3) is 5.91 Å². The molecular weight excluding hydrogens is 449 g/mol. The maximum Gasteiger partial charge on any atom is 0.251 e. The third kappa shape index (κ3) is 5.30. The second-order valence-corrected chi connectivity index (χ2v) is 9.39. The molecular formula is C19H23BrFN3O3S. The lowest BCUT2D eigenvalue weighted by molar-refractivity contribution is 0.0953. The van der Waals surface area contributed by atoms with Crippen LogP contribution in [0.15, 0.2) is 51.8 Å². The second-order valence-electron chi connectivity index (χ2n) is 6.42. The fraction of sp³-hybridized carbons (Fsp3) is 0.316. The van der Waals surface area contributed by atoms with E-state index in [0.29, 0.717) is 29.7 Å². The molecule has 0 fully saturated rings. The minimum atomic E-state index is -3.67. The molecule has 0 aliphatic carbocycles. The number of amides is 1. The summed E-state index contributed by atoms with van der Waals surface area (Å²) < 4.78 is 39.9. The molecule has 152 valence electrons. The van der Waals surface area contributed by atoms with Crippen molar-refractivity contribution in [3.63, 3.8) is 0 Å². The average Bonchev–Trinajstić information content (AvgIpc) is 2.65. The van der Waals surface area contributed by atoms with Crippen LogP contribution in [0.1, 0.15) is 16.8 Å². The lowest BCUT2D eigenvalue weighted by Gasteiger charge is -2.20. The first-order valence-corrected chi connectivity index (χ1v) is 10.8. The normalized spacial score (nSPS) is 11.5. The van der Waals surface area contributed by atoms with E-state index in [4.69, 9.17) is 0 Å². The zero-order chi connectivity index (χ0) is 20.9. The van der Waals surface area contributed by atoms with Crippen molar-refractivity contribution in [1.82, 2.24) is 9.62 Å². The minimum absolute atomic E-state index is 0.0319. The Morgan fingerprint density at radius 2 is 1.82 bits per heavy atom. The molecule has 0 aliphatic rings. The number of nitrogens with one attached hydrogen (secondary N) is 1. The molecule has 0 atom stereocenters. The van der Waals surface area contributed by atoms with Gasteiger partial charge in [-0.25, -0.2) is 17.1 Å². The number of benzene rings is 2. The molecule has 28 heavy (non-hydrogen) atoms. The van der Waals surface area contributed by atoms with E-state index in [9.17, 15) is 17.6 Å². The topological polar surface area (TPSA) is 69.7 Å². The Morgan fingerprint density at radius 3 is 2.46 bits per heavy atom. The molecule has 6 nitrogen and oxygen atoms in total. The van der Waals surface area contributed by atoms with Crippen molar-refractivity contribution >= 4 is 37.5 Å². The number of nitrogens with zero attached hydrogens (tertiary/aromatic N) is 2. The molecule has 2 rings (SSSR count). The predicted octanol–water partition coefficient (Wildman–Crippen LogP) is 3.09. The molecule has 0 saturated heterocycles. The van der Waals surface area contributed by atoms with E-state index >= 15 is 0 Å². The molecule has 0 heterocycles. The number of hydrogen-bond acceptors (Lipinski definition) is 4. The SMILES string of the molecule is CN(CCCNC(=O)c1ccc(Br)c(S(=O)(=O)N(C)C)c1)c1ccccc1F. The summed E-state index contributed by atoms with van der Waals surface area (Å²) in [6.45, 7) is 0.936. The smallest absolute Gasteiger partial charge is 0.251 e. The third-order valence-corrected chi connectivity index (χ3v) is 6.98. The highest BCUT2D eigenvalue weighted by molar-refractivity contribution is 9.10. The molecule has 0 saturated carbocycles. The number of hydrogen-bond donors (Lipinski definition) is 1. The number of halogens is 2. The van der Waals surface area contributed by atoms with Crippen LogP contribution in [0, 0.1) is 5.82 Å². The van der Waals surface area contributed by atoms with Gasteiger partial charge in [0.2, 0.25) is 10.0 Å². The Hall–Kier alpha value is -1.97. The van der Waals surface area contributed by atoms with Crippen LogP contribution < -0.4 is 10.2 Å². The van der Waals surface area contributed by atoms with Crippen LogP contribution in [-0.4, -0.2) is 52.9 Å². The number of rotatable bonds is 8. The van der Waals surface area contributed by atoms with Crippen LogP contribution in [0.5, 0.6) is 0 Å². The largest absolute Gasteiger partial charge is 0.372 e. The molecule has 0 spiro atoms. The summed E-state index contributed by atoms with van der Waals surface area (Å²) in [4.78, 5) is 14.2. The van der Waals surface area contributed by atoms with Gasteiger partial charge in [-0.3, -0.25) is 4.79 Å². The van der Waals surface area contributed by atoms with Crippen molar-refractivity contribution in [2.75, 3.05) is 39.1 Å². The second kappa shape index (κ2) is 9.49. The summed E-state index contributed by atoms with van der Waals surface area (Å²) in [5, 5.41) is 2.76. The van der Waals surface area contributed by atoms with E-state index in [1.165, 1.54) is 32.3 Å². The molecule has 0 radical (unpaired) electrons. The first-order chi connectivity index (χ1) is 13.1. The van der Waals surface area contributed by atoms with Gasteiger partial charge < -0.3 is 10.2 Å². The maximum atomic E-state index is 13.8. The first-order valence-electron chi connectivity index (χ1n) is 8.60. The molecule has 0 unspecified atom stereocenters. The van der Waals surface area contributed by atoms with Gasteiger partial charge in [0.1, 0.15) is 5.82 Å². The fourth-order valence-electron chi connectivity index (χ4n) is 2.54. The van der Waals surface area contributed by atoms with Gasteiger partial charge in [-0.1, -0.05) is 12.1 Å². The number of carbonyl (C=O) groups is 1. The highest BCUT2D eigenvalue weighted by atomic mass is 79.9. The Labute approximate surface area is 173 Å². The summed E-state index contributed by atoms with van der Waals surface area (Å²) in [5.74, 6) is -0.658. The standard InChI is InChI=1S/C19H23BrFN3O3S/c1-23(2)28(26,27)18-13-14(9-10-15(18)20)19(25)22-11-6-12-24(3)17-8-5-4-7-16(17)21/h4-5,7-10,13H,6,11-12H2,1-3H3,(H,22,25). The van der Waals surface area contributed by atoms with E-state index < -0.39 is 10.0 Å². The summed E-state index contributed by atoms with van der Waals surface area (Å²) in [6, 6.07) is 10.9. The summed E-state index contributed by atoms with van der Waals surface area (Å²) in [6.07, 6.45) is 0.607. The molecule has 0 aromatic heterocycles. The van der Waals surface area contributed by atoms with Crippen LogP contribution in [0.3, 0.4) is 0 Å². The van der Waals surface area contributed by atoms with Crippen molar-refractivity contribution < 1.29 is 17.6 Å². The van der Waals surface area contributed by atoms with E-state index in [0.717, 1.165) is 4.31 Å². The lowest BCUT2D eigenvalue weighted by atomic mass is 10.2. The van der Waals surface area contributed by atoms with Crippen LogP contribution in [0.25, 0.3) is 0 Å². The van der Waals surface area contributed by atoms with Gasteiger partial charge in [0.15, 0.2) is 0 Å². The Kier molecular flexibility index (Phi) is 7.56. The zero-order valence-electron chi connectivity index (χ0n) is 15.9. The Bertz CT molecular complexity index is 951. The van der Waals surface area contributed by atoms with Gasteiger partial charge in [0, 0.05) is 44.3 Å². The molecule has 1 N–H and O–H groups in total. The average molecular weight is 472 g/mol. The van der Waals surface area contributed by atoms with Crippen molar-refractivity contribution in [3.05, 3.63) is 58.3 Å². The maximum absolute atomic E-state index is 13.8. The van der Waals surface area contributed by atoms with Crippen LogP contribution in [-0.2, 0) is 10.0 Å². The summed E-state index contributed by atoms with van der Waals surface area (Å²) >= 11 is 3.22. The number of sulfonamides is 1. The van der Waals surface area contributed by atoms with Crippen LogP contribution >= 0.6 is 15.9 Å². The van der Waals surface area contributed by atoms with Gasteiger partial charge in [0.05, 0.1) is 10.6 Å². The van der Waals surface area contributed by atoms with E-state index in [2.05, 4.69) is 21.2 Å². The highest BCUT2D eigenvalue weighted by Crippen LogP contribution is 2.25. The number of carbonyl (C=O) groups excluding carboxylic acids is 1. The third-order valence-electron chi connectivity index (χ3n) is 4.17. The van der Waals surface area contributed by atoms with Crippen molar-refractivity contribution in [2.24, 2.45) is 0 Å². The van der Waals surface area contributed by atoms with E-state index in [1.807, 2.05) is 0 Å². The number of para-hydroxylation sites is 1. The van der Waals surface area contributed by atoms with Gasteiger partial charge in [-0.05, 0) is 52.7 Å². The number of anilines is 1. The van der Waals surface area contributed by atoms with Crippen molar-refractivity contribution in [2.45, 2.75) is 11.3 Å². The first kappa shape index (κ1) is 22.3. The monoisotopic (exact) mass is 471 g/mol. The predicted molar refractivity (Wildman–Crippen MR) is 112 cm³/mol. The molecule has 1 amide bonds. The molecule has 0 bridgehead atoms. The van der Waals surface area contributed by atoms with Gasteiger partial charge >= 0.3 is 0 Å². The molecule has 0 aliphatic heterocycles. The van der Waals surface area contributed by atoms with Gasteiger partial charge in [-0.2, -0.15) is 0 Å². The summed E-state index contributed by atoms with van der Waals surface area (Å²) in [5.41, 5.74) is 0.756. The summed E-state index contributed by atoms with van der Waals surface area (Å²) in [7, 11) is 0.977.